The first-order valence-electron chi connectivity index (χ1n) is 8.42. The predicted molar refractivity (Wildman–Crippen MR) is 92.2 cm³/mol. The molecule has 0 aliphatic carbocycles. The van der Waals surface area contributed by atoms with Crippen LogP contribution in [0.4, 0.5) is 0 Å². The minimum absolute atomic E-state index is 0.00873. The third-order valence-corrected chi connectivity index (χ3v) is 5.02. The molecule has 5 nitrogen and oxygen atoms in total. The molecule has 0 unspecified atom stereocenters. The lowest BCUT2D eigenvalue weighted by Crippen LogP contribution is -2.39. The number of rotatable bonds is 2. The van der Waals surface area contributed by atoms with Crippen LogP contribution >= 0.6 is 0 Å². The zero-order valence-electron chi connectivity index (χ0n) is 14.0. The third kappa shape index (κ3) is 2.40. The van der Waals surface area contributed by atoms with E-state index in [0.29, 0.717) is 18.2 Å². The maximum atomic E-state index is 13.0. The summed E-state index contributed by atoms with van der Waals surface area (Å²) in [5, 5.41) is 8.23. The molecule has 0 radical (unpaired) electrons. The van der Waals surface area contributed by atoms with Crippen LogP contribution in [0.1, 0.15) is 46.1 Å². The Morgan fingerprint density at radius 1 is 1.33 bits per heavy atom. The molecule has 1 fully saturated rings. The molecule has 3 heterocycles. The van der Waals surface area contributed by atoms with E-state index in [4.69, 9.17) is 4.42 Å². The number of amides is 1. The number of aromatic nitrogens is 2. The van der Waals surface area contributed by atoms with Gasteiger partial charge >= 0.3 is 0 Å². The Hall–Kier alpha value is -2.56. The summed E-state index contributed by atoms with van der Waals surface area (Å²) in [5.74, 6) is 0.777. The number of furan rings is 1. The number of H-pyrrole nitrogens is 1. The average molecular weight is 323 g/mol. The Morgan fingerprint density at radius 3 is 2.92 bits per heavy atom. The van der Waals surface area contributed by atoms with Gasteiger partial charge in [-0.25, -0.2) is 0 Å². The Balaban J connectivity index is 1.61. The van der Waals surface area contributed by atoms with E-state index in [1.807, 2.05) is 42.3 Å². The summed E-state index contributed by atoms with van der Waals surface area (Å²) in [6, 6.07) is 7.80. The first-order valence-corrected chi connectivity index (χ1v) is 8.42. The van der Waals surface area contributed by atoms with Gasteiger partial charge in [-0.2, -0.15) is 5.10 Å². The molecule has 4 rings (SSSR count). The van der Waals surface area contributed by atoms with Crippen molar-refractivity contribution >= 4 is 16.9 Å². The minimum Gasteiger partial charge on any atom is -0.451 e. The van der Waals surface area contributed by atoms with Crippen molar-refractivity contribution in [2.24, 2.45) is 0 Å². The number of carbonyl (C=O) groups is 1. The summed E-state index contributed by atoms with van der Waals surface area (Å²) in [4.78, 5) is 14.9. The number of nitrogens with zero attached hydrogens (tertiary/aromatic N) is 2. The highest BCUT2D eigenvalue weighted by molar-refractivity contribution is 5.99. The highest BCUT2D eigenvalue weighted by Crippen LogP contribution is 2.30. The van der Waals surface area contributed by atoms with Gasteiger partial charge in [-0.1, -0.05) is 18.2 Å². The number of aromatic amines is 1. The molecule has 1 aromatic carbocycles. The van der Waals surface area contributed by atoms with Gasteiger partial charge in [-0.3, -0.25) is 9.89 Å². The number of carbonyl (C=O) groups excluding carboxylic acids is 1. The highest BCUT2D eigenvalue weighted by atomic mass is 16.3. The number of hydrogen-bond acceptors (Lipinski definition) is 3. The molecule has 0 saturated carbocycles. The second-order valence-corrected chi connectivity index (χ2v) is 6.61. The number of nitrogens with one attached hydrogen (secondary N) is 1. The number of piperidine rings is 1. The van der Waals surface area contributed by atoms with Gasteiger partial charge in [0.15, 0.2) is 5.76 Å². The summed E-state index contributed by atoms with van der Waals surface area (Å²) in [6.45, 7) is 5.50. The fourth-order valence-corrected chi connectivity index (χ4v) is 3.69. The van der Waals surface area contributed by atoms with E-state index in [1.54, 1.807) is 0 Å². The van der Waals surface area contributed by atoms with Crippen LogP contribution in [0.25, 0.3) is 11.0 Å². The maximum Gasteiger partial charge on any atom is 0.289 e. The first-order chi connectivity index (χ1) is 11.6. The lowest BCUT2D eigenvalue weighted by molar-refractivity contribution is 0.0675. The average Bonchev–Trinajstić information content (AvgIpc) is 3.18. The van der Waals surface area contributed by atoms with Crippen molar-refractivity contribution in [2.45, 2.75) is 32.6 Å². The zero-order valence-corrected chi connectivity index (χ0v) is 14.0. The molecule has 124 valence electrons. The molecule has 1 saturated heterocycles. The van der Waals surface area contributed by atoms with Crippen LogP contribution in [0.15, 0.2) is 34.9 Å². The highest BCUT2D eigenvalue weighted by Gasteiger charge is 2.30. The molecule has 0 spiro atoms. The number of fused-ring (bicyclic) bond motifs is 1. The van der Waals surface area contributed by atoms with Crippen LogP contribution in [-0.4, -0.2) is 34.1 Å². The zero-order chi connectivity index (χ0) is 16.7. The van der Waals surface area contributed by atoms with Crippen molar-refractivity contribution in [2.75, 3.05) is 13.1 Å². The standard InChI is InChI=1S/C19H21N3O2/c1-12-10-20-21-17(12)14-6-5-9-22(11-14)19(23)18-13(2)15-7-3-4-8-16(15)24-18/h3-4,7-8,10,14H,5-6,9,11H2,1-2H3,(H,20,21)/t14-/m0/s1. The van der Waals surface area contributed by atoms with E-state index in [-0.39, 0.29) is 5.91 Å². The number of likely N-dealkylation sites (tertiary alicyclic amines) is 1. The number of para-hydroxylation sites is 1. The van der Waals surface area contributed by atoms with Crippen LogP contribution in [0.2, 0.25) is 0 Å². The van der Waals surface area contributed by atoms with Crippen molar-refractivity contribution in [1.29, 1.82) is 0 Å². The molecular weight excluding hydrogens is 302 g/mol. The number of aryl methyl sites for hydroxylation is 2. The molecule has 2 aromatic heterocycles. The Labute approximate surface area is 140 Å². The van der Waals surface area contributed by atoms with Crippen LogP contribution < -0.4 is 0 Å². The Bertz CT molecular complexity index is 893. The molecule has 0 bridgehead atoms. The summed E-state index contributed by atoms with van der Waals surface area (Å²) in [5.41, 5.74) is 4.01. The van der Waals surface area contributed by atoms with Gasteiger partial charge < -0.3 is 9.32 Å². The van der Waals surface area contributed by atoms with Gasteiger partial charge in [0.2, 0.25) is 0 Å². The molecule has 5 heteroatoms. The normalized spacial score (nSPS) is 18.2. The molecular formula is C19H21N3O2. The largest absolute Gasteiger partial charge is 0.451 e. The fraction of sp³-hybridized carbons (Fsp3) is 0.368. The van der Waals surface area contributed by atoms with E-state index in [9.17, 15) is 4.79 Å². The Morgan fingerprint density at radius 2 is 2.17 bits per heavy atom. The lowest BCUT2D eigenvalue weighted by atomic mass is 9.92. The van der Waals surface area contributed by atoms with Crippen molar-refractivity contribution in [3.63, 3.8) is 0 Å². The SMILES string of the molecule is Cc1cn[nH]c1[C@H]1CCCN(C(=O)c2oc3ccccc3c2C)C1. The third-order valence-electron chi connectivity index (χ3n) is 5.02. The predicted octanol–water partition coefficient (Wildman–Crippen LogP) is 3.79. The van der Waals surface area contributed by atoms with Crippen molar-refractivity contribution in [3.8, 4) is 0 Å². The lowest BCUT2D eigenvalue weighted by Gasteiger charge is -2.32. The fourth-order valence-electron chi connectivity index (χ4n) is 3.69. The number of benzene rings is 1. The van der Waals surface area contributed by atoms with Gasteiger partial charge in [-0.05, 0) is 38.3 Å². The molecule has 1 atom stereocenters. The van der Waals surface area contributed by atoms with Gasteiger partial charge in [-0.15, -0.1) is 0 Å². The smallest absolute Gasteiger partial charge is 0.289 e. The molecule has 3 aromatic rings. The van der Waals surface area contributed by atoms with Gasteiger partial charge in [0.1, 0.15) is 5.58 Å². The van der Waals surface area contributed by atoms with E-state index >= 15 is 0 Å². The van der Waals surface area contributed by atoms with E-state index in [2.05, 4.69) is 17.1 Å². The van der Waals surface area contributed by atoms with Crippen molar-refractivity contribution in [1.82, 2.24) is 15.1 Å². The molecule has 1 amide bonds. The van der Waals surface area contributed by atoms with Crippen molar-refractivity contribution in [3.05, 3.63) is 53.0 Å². The molecule has 1 aliphatic heterocycles. The summed E-state index contributed by atoms with van der Waals surface area (Å²) in [6.07, 6.45) is 3.92. The van der Waals surface area contributed by atoms with E-state index in [1.165, 1.54) is 0 Å². The van der Waals surface area contributed by atoms with Crippen LogP contribution in [-0.2, 0) is 0 Å². The van der Waals surface area contributed by atoms with Gasteiger partial charge in [0.25, 0.3) is 5.91 Å². The summed E-state index contributed by atoms with van der Waals surface area (Å²) in [7, 11) is 0. The summed E-state index contributed by atoms with van der Waals surface area (Å²) < 4.78 is 5.85. The van der Waals surface area contributed by atoms with Crippen LogP contribution in [0, 0.1) is 13.8 Å². The second-order valence-electron chi connectivity index (χ2n) is 6.61. The summed E-state index contributed by atoms with van der Waals surface area (Å²) >= 11 is 0. The topological polar surface area (TPSA) is 62.1 Å². The first kappa shape index (κ1) is 15.0. The molecule has 1 N–H and O–H groups in total. The second kappa shape index (κ2) is 5.82. The van der Waals surface area contributed by atoms with E-state index in [0.717, 1.165) is 47.2 Å². The van der Waals surface area contributed by atoms with Crippen molar-refractivity contribution < 1.29 is 9.21 Å². The van der Waals surface area contributed by atoms with Crippen LogP contribution in [0.5, 0.6) is 0 Å². The van der Waals surface area contributed by atoms with Gasteiger partial charge in [0.05, 0.1) is 6.20 Å². The quantitative estimate of drug-likeness (QED) is 0.780. The number of hydrogen-bond donors (Lipinski definition) is 1. The molecule has 1 aliphatic rings. The van der Waals surface area contributed by atoms with Crippen LogP contribution in [0.3, 0.4) is 0 Å². The minimum atomic E-state index is -0.00873. The molecule has 24 heavy (non-hydrogen) atoms. The maximum absolute atomic E-state index is 13.0. The monoisotopic (exact) mass is 323 g/mol. The van der Waals surface area contributed by atoms with E-state index < -0.39 is 0 Å². The van der Waals surface area contributed by atoms with Gasteiger partial charge in [0, 0.05) is 35.7 Å². The Kier molecular flexibility index (Phi) is 3.63.